The zero-order chi connectivity index (χ0) is 34.0. The summed E-state index contributed by atoms with van der Waals surface area (Å²) in [5, 5.41) is 5.08. The Bertz CT molecular complexity index is 2510. The Balaban J connectivity index is 1.26. The van der Waals surface area contributed by atoms with Crippen molar-refractivity contribution in [2.45, 2.75) is 13.6 Å². The average Bonchev–Trinajstić information content (AvgIpc) is 3.79. The molecule has 2 aliphatic rings. The second-order valence-electron chi connectivity index (χ2n) is 14.2. The van der Waals surface area contributed by atoms with Crippen LogP contribution in [0.5, 0.6) is 0 Å². The predicted octanol–water partition coefficient (Wildman–Crippen LogP) is 9.56. The fourth-order valence-electron chi connectivity index (χ4n) is 8.75. The van der Waals surface area contributed by atoms with E-state index < -0.39 is 0 Å². The van der Waals surface area contributed by atoms with Crippen LogP contribution >= 0.6 is 0 Å². The molecule has 6 aromatic carbocycles. The predicted molar refractivity (Wildman–Crippen MR) is 217 cm³/mol. The van der Waals surface area contributed by atoms with E-state index >= 15 is 0 Å². The molecule has 242 valence electrons. The number of rotatable bonds is 3. The van der Waals surface area contributed by atoms with Gasteiger partial charge in [0.2, 0.25) is 0 Å². The van der Waals surface area contributed by atoms with Crippen molar-refractivity contribution < 1.29 is 0 Å². The van der Waals surface area contributed by atoms with Crippen molar-refractivity contribution in [2.75, 3.05) is 47.4 Å². The maximum atomic E-state index is 2.48. The smallest absolute Gasteiger partial charge is 0.371 e. The Morgan fingerprint density at radius 3 is 1.10 bits per heavy atom. The Hall–Kier alpha value is -5.75. The Morgan fingerprint density at radius 1 is 0.340 bits per heavy atom. The molecule has 0 bridgehead atoms. The lowest BCUT2D eigenvalue weighted by atomic mass is 9.78. The van der Waals surface area contributed by atoms with Gasteiger partial charge in [0, 0.05) is 44.0 Å². The van der Waals surface area contributed by atoms with Crippen LogP contribution in [0.3, 0.4) is 0 Å². The Kier molecular flexibility index (Phi) is 6.06. The molecule has 4 heterocycles. The summed E-state index contributed by atoms with van der Waals surface area (Å²) < 4.78 is 4.97. The van der Waals surface area contributed by atoms with Crippen LogP contribution in [-0.4, -0.2) is 51.3 Å². The van der Waals surface area contributed by atoms with E-state index in [0.717, 1.165) is 0 Å². The highest BCUT2D eigenvalue weighted by Gasteiger charge is 2.34. The zero-order valence-corrected chi connectivity index (χ0v) is 29.4. The third-order valence-electron chi connectivity index (χ3n) is 11.9. The van der Waals surface area contributed by atoms with Crippen molar-refractivity contribution in [1.29, 1.82) is 0 Å². The molecular weight excluding hydrogens is 610 g/mol. The van der Waals surface area contributed by atoms with E-state index in [1.54, 1.807) is 0 Å². The molecule has 0 fully saturated rings. The van der Waals surface area contributed by atoms with Gasteiger partial charge in [-0.2, -0.15) is 0 Å². The number of hydrogen-bond donors (Lipinski definition) is 0. The molecule has 0 saturated carbocycles. The van der Waals surface area contributed by atoms with Crippen LogP contribution in [0.15, 0.2) is 121 Å². The van der Waals surface area contributed by atoms with E-state index in [0.29, 0.717) is 14.0 Å². The normalized spacial score (nSPS) is 14.4. The summed E-state index contributed by atoms with van der Waals surface area (Å²) >= 11 is 0. The van der Waals surface area contributed by atoms with E-state index in [4.69, 9.17) is 0 Å². The van der Waals surface area contributed by atoms with Gasteiger partial charge in [-0.25, -0.2) is 0 Å². The van der Waals surface area contributed by atoms with Crippen molar-refractivity contribution >= 4 is 80.3 Å². The van der Waals surface area contributed by atoms with Gasteiger partial charge >= 0.3 is 14.0 Å². The lowest BCUT2D eigenvalue weighted by molar-refractivity contribution is 1.16. The molecule has 0 amide bonds. The number of nitrogens with zero attached hydrogens (tertiary/aromatic N) is 6. The van der Waals surface area contributed by atoms with Crippen LogP contribution in [0, 0.1) is 0 Å². The molecule has 6 nitrogen and oxygen atoms in total. The highest BCUT2D eigenvalue weighted by molar-refractivity contribution is 6.69. The topological polar surface area (TPSA) is 22.8 Å². The first-order chi connectivity index (χ1) is 24.3. The van der Waals surface area contributed by atoms with Gasteiger partial charge in [-0.05, 0) is 90.4 Å². The molecule has 2 aromatic heterocycles. The number of hydrogen-bond acceptors (Lipinski definition) is 4. The van der Waals surface area contributed by atoms with Gasteiger partial charge in [0.15, 0.2) is 0 Å². The molecule has 0 aliphatic carbocycles. The van der Waals surface area contributed by atoms with Gasteiger partial charge in [0.05, 0.1) is 44.8 Å². The van der Waals surface area contributed by atoms with Gasteiger partial charge in [0.1, 0.15) is 0 Å². The molecule has 50 heavy (non-hydrogen) atoms. The van der Waals surface area contributed by atoms with Crippen molar-refractivity contribution in [1.82, 2.24) is 9.13 Å². The van der Waals surface area contributed by atoms with Gasteiger partial charge in [-0.1, -0.05) is 72.8 Å². The minimum Gasteiger partial charge on any atom is -0.397 e. The van der Waals surface area contributed by atoms with Crippen molar-refractivity contribution in [3.63, 3.8) is 0 Å². The average molecular weight is 648 g/mol. The number of fused-ring (bicyclic) bond motifs is 8. The Labute approximate surface area is 293 Å². The summed E-state index contributed by atoms with van der Waals surface area (Å²) in [5.41, 5.74) is 14.7. The van der Waals surface area contributed by atoms with Crippen LogP contribution in [-0.2, 0) is 0 Å². The Morgan fingerprint density at radius 2 is 0.680 bits per heavy atom. The number of para-hydroxylation sites is 4. The van der Waals surface area contributed by atoms with Crippen molar-refractivity contribution in [3.8, 4) is 22.5 Å². The summed E-state index contributed by atoms with van der Waals surface area (Å²) in [4.78, 5) is 9.52. The molecule has 8 heteroatoms. The minimum absolute atomic E-state index is 0.297. The first kappa shape index (κ1) is 29.2. The highest BCUT2D eigenvalue weighted by atomic mass is 15.3. The molecule has 0 radical (unpaired) electrons. The van der Waals surface area contributed by atoms with Crippen LogP contribution in [0.4, 0.5) is 22.7 Å². The van der Waals surface area contributed by atoms with Crippen LogP contribution in [0.2, 0.25) is 13.6 Å². The fourth-order valence-corrected chi connectivity index (χ4v) is 8.75. The summed E-state index contributed by atoms with van der Waals surface area (Å²) in [6.07, 6.45) is 0. The van der Waals surface area contributed by atoms with E-state index in [1.165, 1.54) is 88.9 Å². The third kappa shape index (κ3) is 3.76. The molecule has 8 aromatic rings. The van der Waals surface area contributed by atoms with Crippen molar-refractivity contribution in [3.05, 3.63) is 121 Å². The molecule has 0 spiro atoms. The van der Waals surface area contributed by atoms with E-state index in [2.05, 4.69) is 192 Å². The second kappa shape index (κ2) is 10.4. The fraction of sp³-hybridized carbons (Fsp3) is 0.143. The molecule has 0 unspecified atom stereocenters. The van der Waals surface area contributed by atoms with Crippen LogP contribution < -0.4 is 19.2 Å². The number of benzene rings is 6. The zero-order valence-electron chi connectivity index (χ0n) is 29.4. The monoisotopic (exact) mass is 648 g/mol. The van der Waals surface area contributed by atoms with Crippen LogP contribution in [0.1, 0.15) is 0 Å². The van der Waals surface area contributed by atoms with Crippen molar-refractivity contribution in [2.24, 2.45) is 0 Å². The molecule has 0 atom stereocenters. The standard InChI is InChI=1S/C42H38B2N6/c1-43-45(3)39-23-31-29-17-9-13-21-35(29)49(37(31)25-41(39)47(43)5)33-19-11-7-15-27(33)28-16-8-12-20-34(28)50-36-22-14-10-18-30(36)32-24-40-42(26-38(32)50)48(6)44(2)46(40)4/h7-26H,1-6H3. The summed E-state index contributed by atoms with van der Waals surface area (Å²) in [6.45, 7) is 5.13. The van der Waals surface area contributed by atoms with Gasteiger partial charge < -0.3 is 28.4 Å². The molecule has 2 aliphatic heterocycles. The number of anilines is 4. The van der Waals surface area contributed by atoms with E-state index in [9.17, 15) is 0 Å². The van der Waals surface area contributed by atoms with Crippen LogP contribution in [0.25, 0.3) is 66.1 Å². The minimum atomic E-state index is 0.297. The first-order valence-electron chi connectivity index (χ1n) is 17.6. The maximum Gasteiger partial charge on any atom is 0.371 e. The second-order valence-corrected chi connectivity index (χ2v) is 14.2. The highest BCUT2D eigenvalue weighted by Crippen LogP contribution is 2.47. The summed E-state index contributed by atoms with van der Waals surface area (Å²) in [7, 11) is 8.80. The molecule has 10 rings (SSSR count). The molecular formula is C42H38B2N6. The lowest BCUT2D eigenvalue weighted by Gasteiger charge is -2.19. The molecule has 0 saturated heterocycles. The summed E-state index contributed by atoms with van der Waals surface area (Å²) in [5.74, 6) is 0. The SMILES string of the molecule is CB1N(C)c2cc3c4ccccc4n(-c4ccccc4-c4ccccc4-n4c5ccccc5c5cc6c(cc54)N(C)B(C)N6C)c3cc2N1C. The third-order valence-corrected chi connectivity index (χ3v) is 11.9. The van der Waals surface area contributed by atoms with Gasteiger partial charge in [-0.15, -0.1) is 0 Å². The van der Waals surface area contributed by atoms with Gasteiger partial charge in [-0.3, -0.25) is 0 Å². The quantitative estimate of drug-likeness (QED) is 0.178. The van der Waals surface area contributed by atoms with Gasteiger partial charge in [0.25, 0.3) is 0 Å². The largest absolute Gasteiger partial charge is 0.397 e. The summed E-state index contributed by atoms with van der Waals surface area (Å²) in [6, 6.07) is 45.2. The van der Waals surface area contributed by atoms with E-state index in [1.807, 2.05) is 0 Å². The number of aromatic nitrogens is 2. The molecule has 0 N–H and O–H groups in total. The first-order valence-corrected chi connectivity index (χ1v) is 17.6. The lowest BCUT2D eigenvalue weighted by Crippen LogP contribution is -2.41. The maximum absolute atomic E-state index is 2.48. The van der Waals surface area contributed by atoms with E-state index in [-0.39, 0.29) is 0 Å².